The summed E-state index contributed by atoms with van der Waals surface area (Å²) in [6.07, 6.45) is 0.502. The predicted molar refractivity (Wildman–Crippen MR) is 112 cm³/mol. The van der Waals surface area contributed by atoms with Gasteiger partial charge in [-0.25, -0.2) is 5.01 Å². The molecule has 0 saturated carbocycles. The van der Waals surface area contributed by atoms with E-state index in [1.807, 2.05) is 48.5 Å². The Kier molecular flexibility index (Phi) is 3.81. The molecular formula is C23H17BrN2O3. The van der Waals surface area contributed by atoms with Crippen LogP contribution in [0.5, 0.6) is 17.2 Å². The fraction of sp³-hybridized carbons (Fsp3) is 0.174. The Balaban J connectivity index is 1.46. The molecule has 0 N–H and O–H groups in total. The molecule has 29 heavy (non-hydrogen) atoms. The molecule has 6 rings (SSSR count). The van der Waals surface area contributed by atoms with Crippen molar-refractivity contribution < 1.29 is 14.2 Å². The zero-order valence-corrected chi connectivity index (χ0v) is 17.0. The van der Waals surface area contributed by atoms with Gasteiger partial charge in [0.05, 0.1) is 11.8 Å². The zero-order chi connectivity index (χ0) is 19.4. The third-order valence-electron chi connectivity index (χ3n) is 5.54. The van der Waals surface area contributed by atoms with Crippen molar-refractivity contribution >= 4 is 21.6 Å². The van der Waals surface area contributed by atoms with Gasteiger partial charge in [-0.15, -0.1) is 0 Å². The molecule has 3 aliphatic rings. The van der Waals surface area contributed by atoms with Crippen molar-refractivity contribution in [3.05, 3.63) is 87.9 Å². The van der Waals surface area contributed by atoms with E-state index in [1.165, 1.54) is 0 Å². The number of halogens is 1. The molecular weight excluding hydrogens is 432 g/mol. The third-order valence-corrected chi connectivity index (χ3v) is 6.03. The summed E-state index contributed by atoms with van der Waals surface area (Å²) in [4.78, 5) is 0. The van der Waals surface area contributed by atoms with E-state index in [1.54, 1.807) is 0 Å². The largest absolute Gasteiger partial charge is 0.464 e. The maximum Gasteiger partial charge on any atom is 0.231 e. The lowest BCUT2D eigenvalue weighted by molar-refractivity contribution is -0.0191. The molecule has 0 amide bonds. The first-order valence-electron chi connectivity index (χ1n) is 9.53. The Morgan fingerprint density at radius 3 is 2.62 bits per heavy atom. The van der Waals surface area contributed by atoms with Gasteiger partial charge in [-0.2, -0.15) is 5.10 Å². The average molecular weight is 449 g/mol. The van der Waals surface area contributed by atoms with Crippen molar-refractivity contribution in [2.24, 2.45) is 5.10 Å². The van der Waals surface area contributed by atoms with E-state index in [4.69, 9.17) is 19.3 Å². The highest BCUT2D eigenvalue weighted by Gasteiger charge is 2.41. The normalized spacial score (nSPS) is 21.3. The van der Waals surface area contributed by atoms with Gasteiger partial charge in [0.1, 0.15) is 5.75 Å². The van der Waals surface area contributed by atoms with E-state index in [0.717, 1.165) is 50.5 Å². The first-order valence-corrected chi connectivity index (χ1v) is 10.3. The molecule has 3 aromatic rings. The van der Waals surface area contributed by atoms with Crippen LogP contribution in [0.2, 0.25) is 0 Å². The molecule has 0 fully saturated rings. The number of benzene rings is 3. The quantitative estimate of drug-likeness (QED) is 0.524. The van der Waals surface area contributed by atoms with Crippen LogP contribution in [0.4, 0.5) is 0 Å². The standard InChI is InChI=1S/C23H17BrN2O3/c24-16-7-9-20-17(11-16)19-12-18(14-4-2-1-3-5-14)25-26(19)23(29-20)15-6-8-21-22(10-15)28-13-27-21/h1-11,19,23H,12-13H2/t19-,23-/m0/s1. The van der Waals surface area contributed by atoms with E-state index in [9.17, 15) is 0 Å². The lowest BCUT2D eigenvalue weighted by atomic mass is 9.96. The van der Waals surface area contributed by atoms with Crippen LogP contribution in [-0.4, -0.2) is 17.5 Å². The fourth-order valence-electron chi connectivity index (χ4n) is 4.15. The van der Waals surface area contributed by atoms with Crippen LogP contribution < -0.4 is 14.2 Å². The first kappa shape index (κ1) is 16.9. The van der Waals surface area contributed by atoms with Gasteiger partial charge in [-0.05, 0) is 42.0 Å². The molecule has 144 valence electrons. The van der Waals surface area contributed by atoms with Gasteiger partial charge >= 0.3 is 0 Å². The minimum atomic E-state index is -0.329. The summed E-state index contributed by atoms with van der Waals surface area (Å²) in [5.41, 5.74) is 4.34. The van der Waals surface area contributed by atoms with Crippen LogP contribution >= 0.6 is 15.9 Å². The second-order valence-electron chi connectivity index (χ2n) is 7.28. The van der Waals surface area contributed by atoms with Gasteiger partial charge in [0, 0.05) is 22.0 Å². The molecule has 3 aliphatic heterocycles. The molecule has 0 unspecified atom stereocenters. The summed E-state index contributed by atoms with van der Waals surface area (Å²) in [6, 6.07) is 22.6. The molecule has 0 aromatic heterocycles. The smallest absolute Gasteiger partial charge is 0.231 e. The van der Waals surface area contributed by atoms with E-state index >= 15 is 0 Å². The van der Waals surface area contributed by atoms with E-state index in [2.05, 4.69) is 39.1 Å². The van der Waals surface area contributed by atoms with E-state index < -0.39 is 0 Å². The Labute approximate surface area is 176 Å². The Hall–Kier alpha value is -2.99. The average Bonchev–Trinajstić information content (AvgIpc) is 3.41. The lowest BCUT2D eigenvalue weighted by Crippen LogP contribution is -2.33. The molecule has 0 bridgehead atoms. The second kappa shape index (κ2) is 6.52. The SMILES string of the molecule is Brc1ccc2c(c1)[C@@H]1CC(c3ccccc3)=NN1[C@H](c1ccc3c(c1)OCO3)O2. The number of hydrogen-bond acceptors (Lipinski definition) is 5. The van der Waals surface area contributed by atoms with E-state index in [-0.39, 0.29) is 19.1 Å². The topological polar surface area (TPSA) is 43.3 Å². The summed E-state index contributed by atoms with van der Waals surface area (Å²) in [5, 5.41) is 7.08. The van der Waals surface area contributed by atoms with Crippen molar-refractivity contribution in [1.82, 2.24) is 5.01 Å². The van der Waals surface area contributed by atoms with Gasteiger partial charge in [0.2, 0.25) is 13.0 Å². The molecule has 0 saturated heterocycles. The number of nitrogens with zero attached hydrogens (tertiary/aromatic N) is 2. The first-order chi connectivity index (χ1) is 14.3. The van der Waals surface area contributed by atoms with Crippen LogP contribution in [-0.2, 0) is 0 Å². The van der Waals surface area contributed by atoms with Gasteiger partial charge in [-0.1, -0.05) is 46.3 Å². The number of ether oxygens (including phenoxy) is 3. The Morgan fingerprint density at radius 1 is 0.897 bits per heavy atom. The van der Waals surface area contributed by atoms with Crippen molar-refractivity contribution in [2.75, 3.05) is 6.79 Å². The molecule has 5 nitrogen and oxygen atoms in total. The van der Waals surface area contributed by atoms with Gasteiger partial charge < -0.3 is 14.2 Å². The molecule has 3 heterocycles. The van der Waals surface area contributed by atoms with Crippen LogP contribution in [0.1, 0.15) is 35.4 Å². The van der Waals surface area contributed by atoms with Crippen LogP contribution in [0.15, 0.2) is 76.3 Å². The molecule has 2 atom stereocenters. The van der Waals surface area contributed by atoms with Crippen molar-refractivity contribution in [3.63, 3.8) is 0 Å². The number of rotatable bonds is 2. The second-order valence-corrected chi connectivity index (χ2v) is 8.19. The molecule has 0 aliphatic carbocycles. The summed E-state index contributed by atoms with van der Waals surface area (Å²) in [5.74, 6) is 2.40. The molecule has 6 heteroatoms. The monoisotopic (exact) mass is 448 g/mol. The Bertz CT molecular complexity index is 1130. The highest BCUT2D eigenvalue weighted by molar-refractivity contribution is 9.10. The fourth-order valence-corrected chi connectivity index (χ4v) is 4.53. The van der Waals surface area contributed by atoms with Crippen molar-refractivity contribution in [2.45, 2.75) is 18.7 Å². The number of hydrogen-bond donors (Lipinski definition) is 0. The van der Waals surface area contributed by atoms with Crippen molar-refractivity contribution in [3.8, 4) is 17.2 Å². The van der Waals surface area contributed by atoms with Crippen LogP contribution in [0.3, 0.4) is 0 Å². The highest BCUT2D eigenvalue weighted by atomic mass is 79.9. The zero-order valence-electron chi connectivity index (χ0n) is 15.4. The maximum atomic E-state index is 6.43. The third kappa shape index (κ3) is 2.78. The summed E-state index contributed by atoms with van der Waals surface area (Å²) >= 11 is 3.60. The minimum Gasteiger partial charge on any atom is -0.464 e. The lowest BCUT2D eigenvalue weighted by Gasteiger charge is -2.38. The van der Waals surface area contributed by atoms with Crippen molar-refractivity contribution in [1.29, 1.82) is 0 Å². The van der Waals surface area contributed by atoms with E-state index in [0.29, 0.717) is 0 Å². The maximum absolute atomic E-state index is 6.43. The predicted octanol–water partition coefficient (Wildman–Crippen LogP) is 5.42. The number of fused-ring (bicyclic) bond motifs is 4. The number of hydrazone groups is 1. The van der Waals surface area contributed by atoms with Gasteiger partial charge in [0.15, 0.2) is 11.5 Å². The molecule has 0 spiro atoms. The van der Waals surface area contributed by atoms with Gasteiger partial charge in [-0.3, -0.25) is 0 Å². The summed E-state index contributed by atoms with van der Waals surface area (Å²) < 4.78 is 18.5. The minimum absolute atomic E-state index is 0.113. The van der Waals surface area contributed by atoms with Gasteiger partial charge in [0.25, 0.3) is 0 Å². The summed E-state index contributed by atoms with van der Waals surface area (Å²) in [7, 11) is 0. The highest BCUT2D eigenvalue weighted by Crippen LogP contribution is 2.49. The Morgan fingerprint density at radius 2 is 1.72 bits per heavy atom. The van der Waals surface area contributed by atoms with Crippen LogP contribution in [0, 0.1) is 0 Å². The summed E-state index contributed by atoms with van der Waals surface area (Å²) in [6.45, 7) is 0.254. The molecule has 0 radical (unpaired) electrons. The molecule has 3 aromatic carbocycles. The van der Waals surface area contributed by atoms with Crippen LogP contribution in [0.25, 0.3) is 0 Å².